The van der Waals surface area contributed by atoms with E-state index in [0.717, 1.165) is 18.5 Å². The summed E-state index contributed by atoms with van der Waals surface area (Å²) in [4.78, 5) is 0. The molecule has 1 saturated carbocycles. The summed E-state index contributed by atoms with van der Waals surface area (Å²) in [6, 6.07) is 0.797. The van der Waals surface area contributed by atoms with Gasteiger partial charge in [-0.3, -0.25) is 0 Å². The van der Waals surface area contributed by atoms with E-state index in [4.69, 9.17) is 0 Å². The zero-order chi connectivity index (χ0) is 10.9. The van der Waals surface area contributed by atoms with Crippen LogP contribution >= 0.6 is 0 Å². The summed E-state index contributed by atoms with van der Waals surface area (Å²) in [7, 11) is 0. The van der Waals surface area contributed by atoms with Gasteiger partial charge in [-0.25, -0.2) is 0 Å². The van der Waals surface area contributed by atoms with Crippen LogP contribution in [0, 0.1) is 5.92 Å². The van der Waals surface area contributed by atoms with Gasteiger partial charge >= 0.3 is 0 Å². The van der Waals surface area contributed by atoms with Crippen LogP contribution in [0.1, 0.15) is 58.3 Å². The molecule has 88 valence electrons. The molecule has 2 unspecified atom stereocenters. The lowest BCUT2D eigenvalue weighted by molar-refractivity contribution is 0.366. The maximum atomic E-state index is 3.79. The second kappa shape index (κ2) is 7.92. The fourth-order valence-electron chi connectivity index (χ4n) is 2.75. The molecule has 1 rings (SSSR count). The average molecular weight is 209 g/mol. The summed E-state index contributed by atoms with van der Waals surface area (Å²) in [6.45, 7) is 7.14. The van der Waals surface area contributed by atoms with Crippen molar-refractivity contribution in [2.45, 2.75) is 64.3 Å². The first-order chi connectivity index (χ1) is 7.36. The Bertz CT molecular complexity index is 165. The van der Waals surface area contributed by atoms with Gasteiger partial charge in [0.05, 0.1) is 0 Å². The molecule has 0 radical (unpaired) electrons. The van der Waals surface area contributed by atoms with E-state index >= 15 is 0 Å². The first-order valence-electron chi connectivity index (χ1n) is 6.71. The van der Waals surface area contributed by atoms with Crippen LogP contribution in [0.2, 0.25) is 0 Å². The maximum absolute atomic E-state index is 3.79. The maximum Gasteiger partial charge on any atom is 0.00695 e. The number of unbranched alkanes of at least 4 members (excludes halogenated alkanes) is 1. The standard InChI is InChI=1S/C14H27N/c1-3-5-6-9-13-10-7-8-11-14(12-13)15-4-2/h3,13-15H,1,4-12H2,2H3. The minimum atomic E-state index is 0.797. The molecule has 0 spiro atoms. The largest absolute Gasteiger partial charge is 0.314 e. The molecular weight excluding hydrogens is 182 g/mol. The third-order valence-corrected chi connectivity index (χ3v) is 3.55. The first kappa shape index (κ1) is 12.8. The molecule has 0 heterocycles. The Labute approximate surface area is 95.3 Å². The quantitative estimate of drug-likeness (QED) is 0.397. The highest BCUT2D eigenvalue weighted by molar-refractivity contribution is 4.77. The molecule has 15 heavy (non-hydrogen) atoms. The molecule has 1 nitrogen and oxygen atoms in total. The molecule has 1 aliphatic carbocycles. The summed E-state index contributed by atoms with van der Waals surface area (Å²) in [5.74, 6) is 0.969. The Morgan fingerprint density at radius 2 is 2.13 bits per heavy atom. The molecule has 1 aliphatic rings. The summed E-state index contributed by atoms with van der Waals surface area (Å²) < 4.78 is 0. The third kappa shape index (κ3) is 5.36. The lowest BCUT2D eigenvalue weighted by Gasteiger charge is -2.20. The lowest BCUT2D eigenvalue weighted by Crippen LogP contribution is -2.29. The number of allylic oxidation sites excluding steroid dienone is 1. The highest BCUT2D eigenvalue weighted by Crippen LogP contribution is 2.27. The van der Waals surface area contributed by atoms with Crippen molar-refractivity contribution in [1.82, 2.24) is 5.32 Å². The van der Waals surface area contributed by atoms with Gasteiger partial charge in [-0.05, 0) is 38.1 Å². The van der Waals surface area contributed by atoms with E-state index in [2.05, 4.69) is 24.9 Å². The van der Waals surface area contributed by atoms with E-state index in [1.807, 2.05) is 0 Å². The van der Waals surface area contributed by atoms with Crippen LogP contribution in [0.15, 0.2) is 12.7 Å². The van der Waals surface area contributed by atoms with E-state index in [1.165, 1.54) is 51.4 Å². The summed E-state index contributed by atoms with van der Waals surface area (Å²) >= 11 is 0. The van der Waals surface area contributed by atoms with Crippen molar-refractivity contribution >= 4 is 0 Å². The van der Waals surface area contributed by atoms with Crippen molar-refractivity contribution < 1.29 is 0 Å². The SMILES string of the molecule is C=CCCCC1CCCCC(NCC)C1. The van der Waals surface area contributed by atoms with Crippen molar-refractivity contribution in [2.75, 3.05) is 6.54 Å². The Morgan fingerprint density at radius 3 is 2.87 bits per heavy atom. The van der Waals surface area contributed by atoms with Crippen molar-refractivity contribution in [3.63, 3.8) is 0 Å². The van der Waals surface area contributed by atoms with Crippen molar-refractivity contribution in [3.8, 4) is 0 Å². The van der Waals surface area contributed by atoms with E-state index in [-0.39, 0.29) is 0 Å². The highest BCUT2D eigenvalue weighted by Gasteiger charge is 2.18. The van der Waals surface area contributed by atoms with Crippen molar-refractivity contribution in [2.24, 2.45) is 5.92 Å². The molecule has 0 bridgehead atoms. The molecule has 0 aromatic carbocycles. The van der Waals surface area contributed by atoms with Gasteiger partial charge in [0.1, 0.15) is 0 Å². The number of hydrogen-bond acceptors (Lipinski definition) is 1. The molecule has 0 aromatic rings. The van der Waals surface area contributed by atoms with Gasteiger partial charge in [-0.2, -0.15) is 0 Å². The normalized spacial score (nSPS) is 27.3. The van der Waals surface area contributed by atoms with Crippen molar-refractivity contribution in [1.29, 1.82) is 0 Å². The van der Waals surface area contributed by atoms with E-state index < -0.39 is 0 Å². The van der Waals surface area contributed by atoms with Crippen LogP contribution in [-0.2, 0) is 0 Å². The number of rotatable bonds is 6. The van der Waals surface area contributed by atoms with Crippen LogP contribution in [0.25, 0.3) is 0 Å². The Hall–Kier alpha value is -0.300. The molecular formula is C14H27N. The van der Waals surface area contributed by atoms with Crippen LogP contribution in [0.5, 0.6) is 0 Å². The van der Waals surface area contributed by atoms with Gasteiger partial charge in [-0.1, -0.05) is 38.7 Å². The lowest BCUT2D eigenvalue weighted by atomic mass is 9.92. The second-order valence-corrected chi connectivity index (χ2v) is 4.86. The third-order valence-electron chi connectivity index (χ3n) is 3.55. The monoisotopic (exact) mass is 209 g/mol. The minimum Gasteiger partial charge on any atom is -0.314 e. The van der Waals surface area contributed by atoms with E-state index in [9.17, 15) is 0 Å². The summed E-state index contributed by atoms with van der Waals surface area (Å²) in [5, 5.41) is 3.62. The zero-order valence-corrected chi connectivity index (χ0v) is 10.3. The summed E-state index contributed by atoms with van der Waals surface area (Å²) in [6.07, 6.45) is 13.1. The van der Waals surface area contributed by atoms with Crippen LogP contribution in [0.3, 0.4) is 0 Å². The molecule has 1 fully saturated rings. The van der Waals surface area contributed by atoms with E-state index in [1.54, 1.807) is 0 Å². The Morgan fingerprint density at radius 1 is 1.33 bits per heavy atom. The van der Waals surface area contributed by atoms with Gasteiger partial charge in [0.15, 0.2) is 0 Å². The first-order valence-corrected chi connectivity index (χ1v) is 6.71. The summed E-state index contributed by atoms with van der Waals surface area (Å²) in [5.41, 5.74) is 0. The molecule has 1 N–H and O–H groups in total. The molecule has 0 amide bonds. The van der Waals surface area contributed by atoms with Crippen LogP contribution < -0.4 is 5.32 Å². The van der Waals surface area contributed by atoms with Crippen molar-refractivity contribution in [3.05, 3.63) is 12.7 Å². The van der Waals surface area contributed by atoms with Gasteiger partial charge < -0.3 is 5.32 Å². The molecule has 0 aliphatic heterocycles. The Kier molecular flexibility index (Phi) is 6.74. The fourth-order valence-corrected chi connectivity index (χ4v) is 2.75. The average Bonchev–Trinajstić information content (AvgIpc) is 2.45. The fraction of sp³-hybridized carbons (Fsp3) is 0.857. The minimum absolute atomic E-state index is 0.797. The second-order valence-electron chi connectivity index (χ2n) is 4.86. The van der Waals surface area contributed by atoms with Gasteiger partial charge in [0, 0.05) is 6.04 Å². The van der Waals surface area contributed by atoms with Gasteiger partial charge in [0.25, 0.3) is 0 Å². The van der Waals surface area contributed by atoms with Crippen LogP contribution in [0.4, 0.5) is 0 Å². The number of hydrogen-bond donors (Lipinski definition) is 1. The topological polar surface area (TPSA) is 12.0 Å². The number of nitrogens with one attached hydrogen (secondary N) is 1. The molecule has 2 atom stereocenters. The molecule has 0 saturated heterocycles. The van der Waals surface area contributed by atoms with E-state index in [0.29, 0.717) is 0 Å². The molecule has 1 heteroatoms. The van der Waals surface area contributed by atoms with Gasteiger partial charge in [-0.15, -0.1) is 6.58 Å². The molecule has 0 aromatic heterocycles. The zero-order valence-electron chi connectivity index (χ0n) is 10.3. The van der Waals surface area contributed by atoms with Gasteiger partial charge in [0.2, 0.25) is 0 Å². The smallest absolute Gasteiger partial charge is 0.00695 e. The van der Waals surface area contributed by atoms with Crippen LogP contribution in [-0.4, -0.2) is 12.6 Å². The predicted molar refractivity (Wildman–Crippen MR) is 68.1 cm³/mol. The highest BCUT2D eigenvalue weighted by atomic mass is 14.9. The Balaban J connectivity index is 2.25. The predicted octanol–water partition coefficient (Wildman–Crippen LogP) is 3.90.